The van der Waals surface area contributed by atoms with E-state index in [9.17, 15) is 4.79 Å². The van der Waals surface area contributed by atoms with Gasteiger partial charge in [-0.3, -0.25) is 0 Å². The van der Waals surface area contributed by atoms with Crippen molar-refractivity contribution in [3.63, 3.8) is 0 Å². The van der Waals surface area contributed by atoms with Gasteiger partial charge in [-0.15, -0.1) is 0 Å². The number of unbranched alkanes of at least 4 members (excludes halogenated alkanes) is 1. The average Bonchev–Trinajstić information content (AvgIpc) is 2.15. The standard InChI is InChI=1S/C10H14N2O/c11-9-5-1-2-6-10(9)12-7-3-4-8-13/h1-2,5-6,8,12H,3-4,7,11H2. The first-order chi connectivity index (χ1) is 6.34. The summed E-state index contributed by atoms with van der Waals surface area (Å²) in [7, 11) is 0. The maximum atomic E-state index is 10.0. The number of carbonyl (C=O) groups excluding carboxylic acids is 1. The summed E-state index contributed by atoms with van der Waals surface area (Å²) in [4.78, 5) is 10.0. The van der Waals surface area contributed by atoms with Crippen molar-refractivity contribution in [1.29, 1.82) is 0 Å². The van der Waals surface area contributed by atoms with E-state index in [1.165, 1.54) is 0 Å². The van der Waals surface area contributed by atoms with Gasteiger partial charge in [0, 0.05) is 13.0 Å². The van der Waals surface area contributed by atoms with Gasteiger partial charge in [-0.25, -0.2) is 0 Å². The predicted molar refractivity (Wildman–Crippen MR) is 54.6 cm³/mol. The summed E-state index contributed by atoms with van der Waals surface area (Å²) in [5, 5.41) is 3.16. The van der Waals surface area contributed by atoms with Crippen molar-refractivity contribution in [2.75, 3.05) is 17.6 Å². The molecule has 3 nitrogen and oxygen atoms in total. The molecular weight excluding hydrogens is 164 g/mol. The summed E-state index contributed by atoms with van der Waals surface area (Å²) in [6.07, 6.45) is 2.37. The third-order valence-electron chi connectivity index (χ3n) is 1.77. The monoisotopic (exact) mass is 178 g/mol. The molecule has 13 heavy (non-hydrogen) atoms. The van der Waals surface area contributed by atoms with Crippen LogP contribution in [0.25, 0.3) is 0 Å². The van der Waals surface area contributed by atoms with Crippen molar-refractivity contribution in [3.05, 3.63) is 24.3 Å². The topological polar surface area (TPSA) is 55.1 Å². The van der Waals surface area contributed by atoms with E-state index in [0.29, 0.717) is 6.42 Å². The molecule has 0 saturated heterocycles. The highest BCUT2D eigenvalue weighted by atomic mass is 16.1. The molecule has 0 fully saturated rings. The molecule has 0 atom stereocenters. The molecule has 0 amide bonds. The molecule has 0 aliphatic rings. The van der Waals surface area contributed by atoms with E-state index < -0.39 is 0 Å². The Bertz CT molecular complexity index is 273. The third kappa shape index (κ3) is 3.15. The number of carbonyl (C=O) groups is 1. The summed E-state index contributed by atoms with van der Waals surface area (Å²) in [5.74, 6) is 0. The van der Waals surface area contributed by atoms with Gasteiger partial charge in [0.2, 0.25) is 0 Å². The predicted octanol–water partition coefficient (Wildman–Crippen LogP) is 1.66. The maximum absolute atomic E-state index is 10.0. The Labute approximate surface area is 77.9 Å². The molecule has 0 aliphatic heterocycles. The van der Waals surface area contributed by atoms with Crippen LogP contribution in [-0.4, -0.2) is 12.8 Å². The summed E-state index contributed by atoms with van der Waals surface area (Å²) >= 11 is 0. The highest BCUT2D eigenvalue weighted by Crippen LogP contribution is 2.16. The lowest BCUT2D eigenvalue weighted by Gasteiger charge is -2.07. The number of rotatable bonds is 5. The van der Waals surface area contributed by atoms with Crippen molar-refractivity contribution < 1.29 is 4.79 Å². The number of nitrogens with two attached hydrogens (primary N) is 1. The first kappa shape index (κ1) is 9.58. The molecule has 1 aromatic rings. The minimum atomic E-state index is 0.597. The van der Waals surface area contributed by atoms with Gasteiger partial charge in [0.25, 0.3) is 0 Å². The molecule has 70 valence electrons. The molecule has 0 unspecified atom stereocenters. The van der Waals surface area contributed by atoms with E-state index in [2.05, 4.69) is 5.32 Å². The highest BCUT2D eigenvalue weighted by Gasteiger charge is 1.94. The fourth-order valence-electron chi connectivity index (χ4n) is 1.07. The number of hydrogen-bond donors (Lipinski definition) is 2. The van der Waals surface area contributed by atoms with E-state index in [0.717, 1.165) is 30.6 Å². The van der Waals surface area contributed by atoms with E-state index in [4.69, 9.17) is 5.73 Å². The molecule has 1 rings (SSSR count). The second-order valence-corrected chi connectivity index (χ2v) is 2.82. The first-order valence-electron chi connectivity index (χ1n) is 4.36. The van der Waals surface area contributed by atoms with Gasteiger partial charge in [-0.05, 0) is 18.6 Å². The minimum absolute atomic E-state index is 0.597. The zero-order valence-corrected chi connectivity index (χ0v) is 7.49. The van der Waals surface area contributed by atoms with E-state index in [1.54, 1.807) is 0 Å². The van der Waals surface area contributed by atoms with Crippen LogP contribution in [0.4, 0.5) is 11.4 Å². The van der Waals surface area contributed by atoms with Crippen LogP contribution in [0.3, 0.4) is 0 Å². The van der Waals surface area contributed by atoms with Crippen molar-refractivity contribution in [1.82, 2.24) is 0 Å². The fraction of sp³-hybridized carbons (Fsp3) is 0.300. The fourth-order valence-corrected chi connectivity index (χ4v) is 1.07. The molecule has 0 aromatic heterocycles. The normalized spacial score (nSPS) is 9.54. The third-order valence-corrected chi connectivity index (χ3v) is 1.77. The Morgan fingerprint density at radius 1 is 1.38 bits per heavy atom. The second kappa shape index (κ2) is 5.19. The number of anilines is 2. The minimum Gasteiger partial charge on any atom is -0.397 e. The SMILES string of the molecule is Nc1ccccc1NCCCC=O. The summed E-state index contributed by atoms with van der Waals surface area (Å²) < 4.78 is 0. The van der Waals surface area contributed by atoms with Crippen LogP contribution in [0.2, 0.25) is 0 Å². The number of hydrogen-bond acceptors (Lipinski definition) is 3. The Kier molecular flexibility index (Phi) is 3.82. The van der Waals surface area contributed by atoms with E-state index in [-0.39, 0.29) is 0 Å². The molecule has 3 heteroatoms. The molecule has 1 aromatic carbocycles. The number of nitrogen functional groups attached to an aromatic ring is 1. The lowest BCUT2D eigenvalue weighted by Crippen LogP contribution is -2.03. The van der Waals surface area contributed by atoms with Crippen molar-refractivity contribution in [2.24, 2.45) is 0 Å². The average molecular weight is 178 g/mol. The second-order valence-electron chi connectivity index (χ2n) is 2.82. The zero-order chi connectivity index (χ0) is 9.52. The van der Waals surface area contributed by atoms with Crippen molar-refractivity contribution in [2.45, 2.75) is 12.8 Å². The lowest BCUT2D eigenvalue weighted by molar-refractivity contribution is -0.107. The summed E-state index contributed by atoms with van der Waals surface area (Å²) in [6.45, 7) is 0.785. The van der Waals surface area contributed by atoms with Gasteiger partial charge in [0.05, 0.1) is 11.4 Å². The number of nitrogens with one attached hydrogen (secondary N) is 1. The van der Waals surface area contributed by atoms with Crippen LogP contribution in [0.1, 0.15) is 12.8 Å². The van der Waals surface area contributed by atoms with Gasteiger partial charge in [0.15, 0.2) is 0 Å². The number of aldehydes is 1. The molecule has 0 spiro atoms. The van der Waals surface area contributed by atoms with Crippen molar-refractivity contribution in [3.8, 4) is 0 Å². The van der Waals surface area contributed by atoms with E-state index in [1.807, 2.05) is 24.3 Å². The molecule has 0 aliphatic carbocycles. The quantitative estimate of drug-likeness (QED) is 0.409. The van der Waals surface area contributed by atoms with Crippen molar-refractivity contribution >= 4 is 17.7 Å². The Morgan fingerprint density at radius 3 is 2.85 bits per heavy atom. The zero-order valence-electron chi connectivity index (χ0n) is 7.49. The molecule has 0 heterocycles. The van der Waals surface area contributed by atoms with Crippen LogP contribution < -0.4 is 11.1 Å². The van der Waals surface area contributed by atoms with Gasteiger partial charge in [-0.1, -0.05) is 12.1 Å². The van der Waals surface area contributed by atoms with E-state index >= 15 is 0 Å². The molecule has 0 bridgehead atoms. The first-order valence-corrected chi connectivity index (χ1v) is 4.36. The molecule has 0 saturated carbocycles. The summed E-state index contributed by atoms with van der Waals surface area (Å²) in [5.41, 5.74) is 7.39. The highest BCUT2D eigenvalue weighted by molar-refractivity contribution is 5.65. The smallest absolute Gasteiger partial charge is 0.120 e. The van der Waals surface area contributed by atoms with Gasteiger partial charge < -0.3 is 15.8 Å². The Morgan fingerprint density at radius 2 is 2.15 bits per heavy atom. The van der Waals surface area contributed by atoms with Crippen LogP contribution >= 0.6 is 0 Å². The Balaban J connectivity index is 2.36. The van der Waals surface area contributed by atoms with Gasteiger partial charge >= 0.3 is 0 Å². The molecule has 0 radical (unpaired) electrons. The molecule has 3 N–H and O–H groups in total. The number of benzene rings is 1. The van der Waals surface area contributed by atoms with Crippen LogP contribution in [0.5, 0.6) is 0 Å². The van der Waals surface area contributed by atoms with Crippen LogP contribution in [0, 0.1) is 0 Å². The van der Waals surface area contributed by atoms with Crippen LogP contribution in [0.15, 0.2) is 24.3 Å². The van der Waals surface area contributed by atoms with Gasteiger partial charge in [0.1, 0.15) is 6.29 Å². The molecular formula is C10H14N2O. The lowest BCUT2D eigenvalue weighted by atomic mass is 10.2. The summed E-state index contributed by atoms with van der Waals surface area (Å²) in [6, 6.07) is 7.60. The Hall–Kier alpha value is -1.51. The van der Waals surface area contributed by atoms with Gasteiger partial charge in [-0.2, -0.15) is 0 Å². The maximum Gasteiger partial charge on any atom is 0.120 e. The number of para-hydroxylation sites is 2. The largest absolute Gasteiger partial charge is 0.397 e. The van der Waals surface area contributed by atoms with Crippen LogP contribution in [-0.2, 0) is 4.79 Å².